The van der Waals surface area contributed by atoms with E-state index >= 15 is 0 Å². The molecule has 17 heavy (non-hydrogen) atoms. The summed E-state index contributed by atoms with van der Waals surface area (Å²) in [6.07, 6.45) is 0.578. The van der Waals surface area contributed by atoms with Crippen molar-refractivity contribution in [2.45, 2.75) is 38.8 Å². The highest BCUT2D eigenvalue weighted by Crippen LogP contribution is 2.34. The van der Waals surface area contributed by atoms with E-state index in [0.29, 0.717) is 6.61 Å². The molecular formula is C14H21NO2. The average molecular weight is 235 g/mol. The molecule has 0 bridgehead atoms. The Balaban J connectivity index is 2.18. The van der Waals surface area contributed by atoms with E-state index in [9.17, 15) is 5.11 Å². The lowest BCUT2D eigenvalue weighted by Crippen LogP contribution is -2.45. The molecule has 94 valence electrons. The summed E-state index contributed by atoms with van der Waals surface area (Å²) in [5.41, 5.74) is 0.961. The van der Waals surface area contributed by atoms with Gasteiger partial charge in [-0.25, -0.2) is 0 Å². The minimum Gasteiger partial charge on any atom is -0.494 e. The van der Waals surface area contributed by atoms with Gasteiger partial charge < -0.3 is 14.7 Å². The van der Waals surface area contributed by atoms with Crippen molar-refractivity contribution in [1.29, 1.82) is 0 Å². The van der Waals surface area contributed by atoms with Crippen LogP contribution in [-0.2, 0) is 0 Å². The van der Waals surface area contributed by atoms with Gasteiger partial charge in [0.05, 0.1) is 18.2 Å². The second-order valence-electron chi connectivity index (χ2n) is 5.04. The van der Waals surface area contributed by atoms with Gasteiger partial charge in [0.15, 0.2) is 0 Å². The lowest BCUT2D eigenvalue weighted by atomic mass is 9.98. The molecule has 3 nitrogen and oxygen atoms in total. The molecule has 0 radical (unpaired) electrons. The molecule has 1 aromatic carbocycles. The van der Waals surface area contributed by atoms with Crippen molar-refractivity contribution in [2.75, 3.05) is 18.1 Å². The van der Waals surface area contributed by atoms with Crippen molar-refractivity contribution < 1.29 is 9.84 Å². The third-order valence-electron chi connectivity index (χ3n) is 3.60. The second-order valence-corrected chi connectivity index (χ2v) is 5.04. The van der Waals surface area contributed by atoms with Crippen LogP contribution in [0.25, 0.3) is 0 Å². The van der Waals surface area contributed by atoms with E-state index in [1.807, 2.05) is 19.1 Å². The molecule has 1 heterocycles. The van der Waals surface area contributed by atoms with Gasteiger partial charge in [-0.15, -0.1) is 0 Å². The molecule has 2 rings (SSSR count). The number of rotatable bonds is 3. The number of hydrogen-bond donors (Lipinski definition) is 1. The van der Waals surface area contributed by atoms with Crippen molar-refractivity contribution in [1.82, 2.24) is 0 Å². The van der Waals surface area contributed by atoms with Gasteiger partial charge in [-0.1, -0.05) is 0 Å². The van der Waals surface area contributed by atoms with E-state index in [4.69, 9.17) is 4.74 Å². The number of nitrogens with zero attached hydrogens (tertiary/aromatic N) is 1. The Hall–Kier alpha value is -1.22. The second kappa shape index (κ2) is 4.57. The zero-order valence-electron chi connectivity index (χ0n) is 10.8. The Bertz CT molecular complexity index is 372. The fourth-order valence-corrected chi connectivity index (χ4v) is 2.42. The van der Waals surface area contributed by atoms with Crippen LogP contribution >= 0.6 is 0 Å². The molecule has 1 aromatic rings. The number of aliphatic hydroxyl groups excluding tert-OH is 1. The summed E-state index contributed by atoms with van der Waals surface area (Å²) in [6.45, 7) is 7.74. The van der Waals surface area contributed by atoms with Crippen molar-refractivity contribution in [3.8, 4) is 5.75 Å². The van der Waals surface area contributed by atoms with Crippen LogP contribution in [0.1, 0.15) is 27.2 Å². The Morgan fingerprint density at radius 2 is 2.00 bits per heavy atom. The highest BCUT2D eigenvalue weighted by atomic mass is 16.5. The third kappa shape index (κ3) is 2.25. The molecule has 1 aliphatic rings. The van der Waals surface area contributed by atoms with Gasteiger partial charge in [-0.05, 0) is 51.5 Å². The van der Waals surface area contributed by atoms with Gasteiger partial charge >= 0.3 is 0 Å². The van der Waals surface area contributed by atoms with Gasteiger partial charge in [0.1, 0.15) is 5.75 Å². The highest BCUT2D eigenvalue weighted by molar-refractivity contribution is 5.52. The number of benzene rings is 1. The average Bonchev–Trinajstić information content (AvgIpc) is 2.56. The summed E-state index contributed by atoms with van der Waals surface area (Å²) in [5.74, 6) is 0.897. The Kier molecular flexibility index (Phi) is 3.29. The standard InChI is InChI=1S/C14H21NO2/c1-4-17-12-7-5-11(6-8-12)15-10-9-13(16)14(15,2)3/h5-8,13,16H,4,9-10H2,1-3H3. The van der Waals surface area contributed by atoms with Crippen LogP contribution in [0.15, 0.2) is 24.3 Å². The third-order valence-corrected chi connectivity index (χ3v) is 3.60. The fraction of sp³-hybridized carbons (Fsp3) is 0.571. The maximum atomic E-state index is 9.96. The van der Waals surface area contributed by atoms with Crippen LogP contribution in [0, 0.1) is 0 Å². The summed E-state index contributed by atoms with van der Waals surface area (Å²) in [6, 6.07) is 8.09. The molecule has 1 fully saturated rings. The van der Waals surface area contributed by atoms with E-state index in [1.54, 1.807) is 0 Å². The predicted molar refractivity (Wildman–Crippen MR) is 69.7 cm³/mol. The van der Waals surface area contributed by atoms with E-state index in [2.05, 4.69) is 30.9 Å². The van der Waals surface area contributed by atoms with E-state index in [-0.39, 0.29) is 11.6 Å². The lowest BCUT2D eigenvalue weighted by Gasteiger charge is -2.35. The lowest BCUT2D eigenvalue weighted by molar-refractivity contribution is 0.127. The fourth-order valence-electron chi connectivity index (χ4n) is 2.42. The summed E-state index contributed by atoms with van der Waals surface area (Å²) >= 11 is 0. The largest absolute Gasteiger partial charge is 0.494 e. The molecule has 1 atom stereocenters. The number of aliphatic hydroxyl groups is 1. The van der Waals surface area contributed by atoms with Crippen molar-refractivity contribution in [3.63, 3.8) is 0 Å². The SMILES string of the molecule is CCOc1ccc(N2CCC(O)C2(C)C)cc1. The molecule has 1 unspecified atom stereocenters. The maximum absolute atomic E-state index is 9.96. The highest BCUT2D eigenvalue weighted by Gasteiger charge is 2.40. The molecule has 0 aliphatic carbocycles. The summed E-state index contributed by atoms with van der Waals surface area (Å²) in [4.78, 5) is 2.26. The Labute approximate surface area is 103 Å². The van der Waals surface area contributed by atoms with E-state index < -0.39 is 0 Å². The number of anilines is 1. The van der Waals surface area contributed by atoms with Crippen LogP contribution < -0.4 is 9.64 Å². The summed E-state index contributed by atoms with van der Waals surface area (Å²) in [5, 5.41) is 9.96. The maximum Gasteiger partial charge on any atom is 0.119 e. The van der Waals surface area contributed by atoms with Crippen molar-refractivity contribution >= 4 is 5.69 Å². The van der Waals surface area contributed by atoms with Crippen LogP contribution in [-0.4, -0.2) is 29.9 Å². The predicted octanol–water partition coefficient (Wildman–Crippen LogP) is 2.43. The van der Waals surface area contributed by atoms with Gasteiger partial charge in [-0.2, -0.15) is 0 Å². The Morgan fingerprint density at radius 1 is 1.35 bits per heavy atom. The molecule has 0 saturated carbocycles. The van der Waals surface area contributed by atoms with Crippen LogP contribution in [0.2, 0.25) is 0 Å². The molecule has 0 aromatic heterocycles. The molecule has 1 N–H and O–H groups in total. The first-order valence-electron chi connectivity index (χ1n) is 6.24. The monoisotopic (exact) mass is 235 g/mol. The minimum absolute atomic E-state index is 0.187. The molecular weight excluding hydrogens is 214 g/mol. The quantitative estimate of drug-likeness (QED) is 0.873. The van der Waals surface area contributed by atoms with Crippen LogP contribution in [0.4, 0.5) is 5.69 Å². The zero-order valence-corrected chi connectivity index (χ0v) is 10.8. The summed E-state index contributed by atoms with van der Waals surface area (Å²) in [7, 11) is 0. The van der Waals surface area contributed by atoms with Crippen LogP contribution in [0.3, 0.4) is 0 Å². The summed E-state index contributed by atoms with van der Waals surface area (Å²) < 4.78 is 5.43. The van der Waals surface area contributed by atoms with Gasteiger partial charge in [0.25, 0.3) is 0 Å². The van der Waals surface area contributed by atoms with Gasteiger partial charge in [0, 0.05) is 12.2 Å². The van der Waals surface area contributed by atoms with Crippen molar-refractivity contribution in [2.24, 2.45) is 0 Å². The van der Waals surface area contributed by atoms with Gasteiger partial charge in [-0.3, -0.25) is 0 Å². The van der Waals surface area contributed by atoms with E-state index in [0.717, 1.165) is 24.4 Å². The van der Waals surface area contributed by atoms with Gasteiger partial charge in [0.2, 0.25) is 0 Å². The molecule has 0 spiro atoms. The number of ether oxygens (including phenoxy) is 1. The molecule has 3 heteroatoms. The first kappa shape index (κ1) is 12.2. The molecule has 1 saturated heterocycles. The zero-order chi connectivity index (χ0) is 12.5. The van der Waals surface area contributed by atoms with E-state index in [1.165, 1.54) is 0 Å². The normalized spacial score (nSPS) is 22.8. The Morgan fingerprint density at radius 3 is 2.47 bits per heavy atom. The first-order valence-corrected chi connectivity index (χ1v) is 6.24. The first-order chi connectivity index (χ1) is 8.05. The number of hydrogen-bond acceptors (Lipinski definition) is 3. The minimum atomic E-state index is -0.255. The van der Waals surface area contributed by atoms with Crippen LogP contribution in [0.5, 0.6) is 5.75 Å². The topological polar surface area (TPSA) is 32.7 Å². The van der Waals surface area contributed by atoms with Crippen molar-refractivity contribution in [3.05, 3.63) is 24.3 Å². The molecule has 0 amide bonds. The smallest absolute Gasteiger partial charge is 0.119 e. The molecule has 1 aliphatic heterocycles.